The van der Waals surface area contributed by atoms with Crippen LogP contribution in [-0.2, 0) is 19.4 Å². The molecule has 1 aromatic rings. The average Bonchev–Trinajstić information content (AvgIpc) is 2.97. The van der Waals surface area contributed by atoms with E-state index in [1.54, 1.807) is 0 Å². The molecular formula is C13H23N3S. The second-order valence-electron chi connectivity index (χ2n) is 5.17. The summed E-state index contributed by atoms with van der Waals surface area (Å²) >= 11 is 4.56. The van der Waals surface area contributed by atoms with Gasteiger partial charge in [-0.25, -0.2) is 9.67 Å². The van der Waals surface area contributed by atoms with Crippen LogP contribution in [0.15, 0.2) is 0 Å². The number of aryl methyl sites for hydroxylation is 2. The van der Waals surface area contributed by atoms with Crippen LogP contribution in [0.4, 0.5) is 0 Å². The van der Waals surface area contributed by atoms with Gasteiger partial charge in [-0.2, -0.15) is 17.7 Å². The van der Waals surface area contributed by atoms with Crippen LogP contribution in [0.3, 0.4) is 0 Å². The van der Waals surface area contributed by atoms with Crippen LogP contribution in [0.2, 0.25) is 0 Å². The molecule has 0 unspecified atom stereocenters. The third-order valence-corrected chi connectivity index (χ3v) is 4.58. The lowest BCUT2D eigenvalue weighted by Crippen LogP contribution is -2.27. The molecule has 0 aliphatic heterocycles. The largest absolute Gasteiger partial charge is 0.249 e. The molecule has 1 heterocycles. The number of nitrogens with zero attached hydrogens (tertiary/aromatic N) is 3. The Hall–Kier alpha value is -0.510. The molecule has 2 rings (SSSR count). The minimum absolute atomic E-state index is 0.367. The first-order valence-corrected chi connectivity index (χ1v) is 7.39. The van der Waals surface area contributed by atoms with Gasteiger partial charge in [0.2, 0.25) is 0 Å². The van der Waals surface area contributed by atoms with Crippen molar-refractivity contribution in [1.29, 1.82) is 0 Å². The van der Waals surface area contributed by atoms with Crippen LogP contribution >= 0.6 is 12.6 Å². The van der Waals surface area contributed by atoms with Crippen molar-refractivity contribution in [3.63, 3.8) is 0 Å². The maximum absolute atomic E-state index is 4.63. The van der Waals surface area contributed by atoms with Crippen LogP contribution < -0.4 is 0 Å². The first-order chi connectivity index (χ1) is 8.23. The normalized spacial score (nSPS) is 18.8. The second kappa shape index (κ2) is 5.42. The highest BCUT2D eigenvalue weighted by molar-refractivity contribution is 7.80. The molecule has 1 aliphatic rings. The molecule has 0 spiro atoms. The zero-order chi connectivity index (χ0) is 12.3. The van der Waals surface area contributed by atoms with Gasteiger partial charge in [0.05, 0.1) is 0 Å². The fourth-order valence-corrected chi connectivity index (χ4v) is 3.19. The second-order valence-corrected chi connectivity index (χ2v) is 5.49. The Bertz CT molecular complexity index is 367. The van der Waals surface area contributed by atoms with Crippen molar-refractivity contribution in [2.75, 3.05) is 5.75 Å². The van der Waals surface area contributed by atoms with E-state index in [-0.39, 0.29) is 0 Å². The zero-order valence-corrected chi connectivity index (χ0v) is 11.8. The molecule has 1 fully saturated rings. The van der Waals surface area contributed by atoms with Crippen molar-refractivity contribution in [3.8, 4) is 0 Å². The van der Waals surface area contributed by atoms with Crippen molar-refractivity contribution >= 4 is 12.6 Å². The Morgan fingerprint density at radius 2 is 1.94 bits per heavy atom. The van der Waals surface area contributed by atoms with Gasteiger partial charge in [0, 0.05) is 19.4 Å². The molecule has 96 valence electrons. The number of thiol groups is 1. The van der Waals surface area contributed by atoms with E-state index in [9.17, 15) is 0 Å². The van der Waals surface area contributed by atoms with Gasteiger partial charge in [0.25, 0.3) is 0 Å². The van der Waals surface area contributed by atoms with Crippen molar-refractivity contribution in [2.45, 2.75) is 58.9 Å². The summed E-state index contributed by atoms with van der Waals surface area (Å²) in [6.45, 7) is 5.28. The molecule has 0 atom stereocenters. The van der Waals surface area contributed by atoms with Crippen molar-refractivity contribution in [3.05, 3.63) is 11.6 Å². The van der Waals surface area contributed by atoms with E-state index in [1.807, 2.05) is 0 Å². The molecule has 0 amide bonds. The van der Waals surface area contributed by atoms with Gasteiger partial charge in [-0.05, 0) is 24.0 Å². The highest BCUT2D eigenvalue weighted by Gasteiger charge is 2.33. The van der Waals surface area contributed by atoms with Crippen molar-refractivity contribution in [1.82, 2.24) is 14.8 Å². The Morgan fingerprint density at radius 1 is 1.24 bits per heavy atom. The molecule has 1 aliphatic carbocycles. The number of rotatable bonds is 5. The van der Waals surface area contributed by atoms with E-state index in [0.29, 0.717) is 5.41 Å². The molecule has 1 saturated carbocycles. The number of aromatic nitrogens is 3. The minimum atomic E-state index is 0.367. The molecule has 0 aromatic carbocycles. The monoisotopic (exact) mass is 253 g/mol. The molecule has 0 radical (unpaired) electrons. The Balaban J connectivity index is 2.18. The summed E-state index contributed by atoms with van der Waals surface area (Å²) in [5.74, 6) is 3.08. The highest BCUT2D eigenvalue weighted by atomic mass is 32.1. The van der Waals surface area contributed by atoms with E-state index < -0.39 is 0 Å². The first kappa shape index (κ1) is 12.9. The average molecular weight is 253 g/mol. The summed E-state index contributed by atoms with van der Waals surface area (Å²) in [5.41, 5.74) is 0.367. The van der Waals surface area contributed by atoms with E-state index in [0.717, 1.165) is 36.8 Å². The summed E-state index contributed by atoms with van der Waals surface area (Å²) in [6, 6.07) is 0. The zero-order valence-electron chi connectivity index (χ0n) is 10.9. The molecule has 0 N–H and O–H groups in total. The summed E-state index contributed by atoms with van der Waals surface area (Å²) in [6.07, 6.45) is 7.17. The van der Waals surface area contributed by atoms with E-state index in [4.69, 9.17) is 0 Å². The molecule has 0 saturated heterocycles. The maximum atomic E-state index is 4.63. The van der Waals surface area contributed by atoms with E-state index >= 15 is 0 Å². The van der Waals surface area contributed by atoms with Crippen LogP contribution in [0.1, 0.15) is 51.2 Å². The smallest absolute Gasteiger partial charge is 0.150 e. The quantitative estimate of drug-likeness (QED) is 0.818. The van der Waals surface area contributed by atoms with E-state index in [1.165, 1.54) is 25.7 Å². The van der Waals surface area contributed by atoms with Gasteiger partial charge < -0.3 is 0 Å². The Labute approximate surface area is 109 Å². The summed E-state index contributed by atoms with van der Waals surface area (Å²) in [4.78, 5) is 4.58. The summed E-state index contributed by atoms with van der Waals surface area (Å²) in [7, 11) is 0. The SMILES string of the molecule is CCc1nc(CC)n(CC2(CS)CCCC2)n1. The van der Waals surface area contributed by atoms with Crippen molar-refractivity contribution in [2.24, 2.45) is 5.41 Å². The molecule has 17 heavy (non-hydrogen) atoms. The third-order valence-electron chi connectivity index (χ3n) is 3.91. The van der Waals surface area contributed by atoms with E-state index in [2.05, 4.69) is 41.2 Å². The third kappa shape index (κ3) is 2.67. The highest BCUT2D eigenvalue weighted by Crippen LogP contribution is 2.40. The lowest BCUT2D eigenvalue weighted by atomic mass is 9.88. The maximum Gasteiger partial charge on any atom is 0.150 e. The molecule has 0 bridgehead atoms. The molecule has 1 aromatic heterocycles. The standard InChI is InChI=1S/C13H23N3S/c1-3-11-14-12(4-2)16(15-11)9-13(10-17)7-5-6-8-13/h17H,3-10H2,1-2H3. The van der Waals surface area contributed by atoms with Gasteiger partial charge in [-0.15, -0.1) is 0 Å². The summed E-state index contributed by atoms with van der Waals surface area (Å²) in [5, 5.41) is 4.63. The molecule has 3 nitrogen and oxygen atoms in total. The van der Waals surface area contributed by atoms with Gasteiger partial charge in [0.15, 0.2) is 5.82 Å². The van der Waals surface area contributed by atoms with Gasteiger partial charge in [0.1, 0.15) is 5.82 Å². The van der Waals surface area contributed by atoms with Gasteiger partial charge >= 0.3 is 0 Å². The predicted molar refractivity (Wildman–Crippen MR) is 73.5 cm³/mol. The fraction of sp³-hybridized carbons (Fsp3) is 0.846. The van der Waals surface area contributed by atoms with Crippen molar-refractivity contribution < 1.29 is 0 Å². The topological polar surface area (TPSA) is 30.7 Å². The number of hydrogen-bond donors (Lipinski definition) is 1. The lowest BCUT2D eigenvalue weighted by Gasteiger charge is -2.27. The minimum Gasteiger partial charge on any atom is -0.249 e. The van der Waals surface area contributed by atoms with Crippen LogP contribution in [0.25, 0.3) is 0 Å². The van der Waals surface area contributed by atoms with Gasteiger partial charge in [-0.1, -0.05) is 26.7 Å². The summed E-state index contributed by atoms with van der Waals surface area (Å²) < 4.78 is 2.14. The van der Waals surface area contributed by atoms with Crippen LogP contribution in [0, 0.1) is 5.41 Å². The van der Waals surface area contributed by atoms with Gasteiger partial charge in [-0.3, -0.25) is 0 Å². The molecular weight excluding hydrogens is 230 g/mol. The first-order valence-electron chi connectivity index (χ1n) is 6.76. The van der Waals surface area contributed by atoms with Crippen LogP contribution in [-0.4, -0.2) is 20.5 Å². The Kier molecular flexibility index (Phi) is 4.13. The number of hydrogen-bond acceptors (Lipinski definition) is 3. The lowest BCUT2D eigenvalue weighted by molar-refractivity contribution is 0.271. The molecule has 4 heteroatoms. The predicted octanol–water partition coefficient (Wildman–Crippen LogP) is 2.89. The Morgan fingerprint density at radius 3 is 2.47 bits per heavy atom. The van der Waals surface area contributed by atoms with Crippen LogP contribution in [0.5, 0.6) is 0 Å². The fourth-order valence-electron chi connectivity index (χ4n) is 2.77.